The quantitative estimate of drug-likeness (QED) is 0.168. The first-order valence-electron chi connectivity index (χ1n) is 15.2. The molecule has 3 rings (SSSR count). The Kier molecular flexibility index (Phi) is 13.4. The summed E-state index contributed by atoms with van der Waals surface area (Å²) in [7, 11) is 0. The first-order valence-corrected chi connectivity index (χ1v) is 15.2. The van der Waals surface area contributed by atoms with E-state index in [9.17, 15) is 0 Å². The lowest BCUT2D eigenvalue weighted by Crippen LogP contribution is -2.26. The van der Waals surface area contributed by atoms with Crippen molar-refractivity contribution in [2.75, 3.05) is 26.4 Å². The van der Waals surface area contributed by atoms with Gasteiger partial charge in [0.15, 0.2) is 0 Å². The minimum Gasteiger partial charge on any atom is -0.493 e. The smallest absolute Gasteiger partial charge is 0.122 e. The standard InChI is InChI=1S/C33H54O3/c1-5-29-13-15-30(16-14-29)31-17-19-33(28(4)25-31)36-23-11-10-21-34-20-8-6-7-9-22-35-32-18-12-26(2)24-27(32)3/h17,19,25,27,29-30,32H,2,5-16,18,20-24H2,1,3-4H3. The van der Waals surface area contributed by atoms with Gasteiger partial charge in [0.2, 0.25) is 0 Å². The second-order valence-corrected chi connectivity index (χ2v) is 11.6. The lowest BCUT2D eigenvalue weighted by molar-refractivity contribution is 0.00189. The highest BCUT2D eigenvalue weighted by Crippen LogP contribution is 2.38. The Hall–Kier alpha value is -1.32. The molecule has 36 heavy (non-hydrogen) atoms. The predicted molar refractivity (Wildman–Crippen MR) is 152 cm³/mol. The number of benzene rings is 1. The van der Waals surface area contributed by atoms with E-state index >= 15 is 0 Å². The molecule has 0 aliphatic heterocycles. The van der Waals surface area contributed by atoms with E-state index in [1.165, 1.54) is 68.1 Å². The fraction of sp³-hybridized carbons (Fsp3) is 0.758. The summed E-state index contributed by atoms with van der Waals surface area (Å²) >= 11 is 0. The van der Waals surface area contributed by atoms with Crippen LogP contribution in [0.3, 0.4) is 0 Å². The van der Waals surface area contributed by atoms with Crippen LogP contribution >= 0.6 is 0 Å². The van der Waals surface area contributed by atoms with Crippen LogP contribution in [0, 0.1) is 18.8 Å². The van der Waals surface area contributed by atoms with Gasteiger partial charge in [0, 0.05) is 19.8 Å². The maximum absolute atomic E-state index is 6.12. The van der Waals surface area contributed by atoms with E-state index in [1.54, 1.807) is 0 Å². The molecule has 0 amide bonds. The Morgan fingerprint density at radius 3 is 2.25 bits per heavy atom. The first-order chi connectivity index (χ1) is 17.6. The maximum atomic E-state index is 6.12. The highest BCUT2D eigenvalue weighted by Gasteiger charge is 2.23. The molecule has 2 unspecified atom stereocenters. The largest absolute Gasteiger partial charge is 0.493 e. The van der Waals surface area contributed by atoms with Crippen LogP contribution in [0.4, 0.5) is 0 Å². The summed E-state index contributed by atoms with van der Waals surface area (Å²) < 4.78 is 18.0. The average Bonchev–Trinajstić information content (AvgIpc) is 2.88. The lowest BCUT2D eigenvalue weighted by Gasteiger charge is -2.30. The van der Waals surface area contributed by atoms with E-state index in [0.717, 1.165) is 82.5 Å². The van der Waals surface area contributed by atoms with Crippen molar-refractivity contribution in [2.24, 2.45) is 11.8 Å². The SMILES string of the molecule is C=C1CCC(OCCCCCCOCCCCOc2ccc(C3CCC(CC)CC3)cc2C)C(C)C1. The Balaban J connectivity index is 1.13. The topological polar surface area (TPSA) is 27.7 Å². The normalized spacial score (nSPS) is 24.7. The minimum absolute atomic E-state index is 0.446. The second kappa shape index (κ2) is 16.5. The molecular weight excluding hydrogens is 444 g/mol. The molecular formula is C33H54O3. The summed E-state index contributed by atoms with van der Waals surface area (Å²) in [5, 5.41) is 0. The van der Waals surface area contributed by atoms with E-state index in [1.807, 2.05) is 0 Å². The van der Waals surface area contributed by atoms with Gasteiger partial charge < -0.3 is 14.2 Å². The molecule has 2 aliphatic carbocycles. The summed E-state index contributed by atoms with van der Waals surface area (Å²) in [4.78, 5) is 0. The van der Waals surface area contributed by atoms with Crippen molar-refractivity contribution in [3.8, 4) is 5.75 Å². The van der Waals surface area contributed by atoms with Gasteiger partial charge >= 0.3 is 0 Å². The van der Waals surface area contributed by atoms with Gasteiger partial charge in [-0.2, -0.15) is 0 Å². The summed E-state index contributed by atoms with van der Waals surface area (Å²) in [6.07, 6.45) is 17.6. The molecule has 2 fully saturated rings. The van der Waals surface area contributed by atoms with Crippen molar-refractivity contribution in [1.82, 2.24) is 0 Å². The monoisotopic (exact) mass is 498 g/mol. The number of hydrogen-bond donors (Lipinski definition) is 0. The Morgan fingerprint density at radius 1 is 0.861 bits per heavy atom. The third-order valence-corrected chi connectivity index (χ3v) is 8.58. The van der Waals surface area contributed by atoms with Crippen molar-refractivity contribution in [1.29, 1.82) is 0 Å². The molecule has 2 aliphatic rings. The van der Waals surface area contributed by atoms with Crippen LogP contribution in [0.25, 0.3) is 0 Å². The highest BCUT2D eigenvalue weighted by atomic mass is 16.5. The van der Waals surface area contributed by atoms with E-state index in [4.69, 9.17) is 14.2 Å². The van der Waals surface area contributed by atoms with Crippen LogP contribution in [0.15, 0.2) is 30.4 Å². The molecule has 0 saturated heterocycles. The zero-order chi connectivity index (χ0) is 25.6. The van der Waals surface area contributed by atoms with Gasteiger partial charge in [-0.1, -0.05) is 57.4 Å². The average molecular weight is 499 g/mol. The Labute approximate surface area is 222 Å². The van der Waals surface area contributed by atoms with Gasteiger partial charge in [-0.15, -0.1) is 0 Å². The first kappa shape index (κ1) is 29.2. The molecule has 3 nitrogen and oxygen atoms in total. The minimum atomic E-state index is 0.446. The van der Waals surface area contributed by atoms with Gasteiger partial charge in [0.05, 0.1) is 12.7 Å². The van der Waals surface area contributed by atoms with Crippen LogP contribution in [-0.4, -0.2) is 32.5 Å². The second-order valence-electron chi connectivity index (χ2n) is 11.6. The molecule has 1 aromatic carbocycles. The van der Waals surface area contributed by atoms with Crippen molar-refractivity contribution in [2.45, 2.75) is 123 Å². The molecule has 2 saturated carbocycles. The number of hydrogen-bond acceptors (Lipinski definition) is 3. The highest BCUT2D eigenvalue weighted by molar-refractivity contribution is 5.37. The zero-order valence-corrected chi connectivity index (χ0v) is 23.7. The number of rotatable bonds is 16. The number of aryl methyl sites for hydroxylation is 1. The molecule has 204 valence electrons. The van der Waals surface area contributed by atoms with Gasteiger partial charge in [0.25, 0.3) is 0 Å². The van der Waals surface area contributed by atoms with Crippen molar-refractivity contribution in [3.63, 3.8) is 0 Å². The summed E-state index contributed by atoms with van der Waals surface area (Å²) in [5.41, 5.74) is 4.20. The summed E-state index contributed by atoms with van der Waals surface area (Å²) in [6.45, 7) is 14.4. The van der Waals surface area contributed by atoms with Crippen molar-refractivity contribution < 1.29 is 14.2 Å². The van der Waals surface area contributed by atoms with Crippen LogP contribution < -0.4 is 4.74 Å². The molecule has 0 spiro atoms. The molecule has 0 N–H and O–H groups in total. The van der Waals surface area contributed by atoms with Crippen LogP contribution in [-0.2, 0) is 9.47 Å². The fourth-order valence-electron chi connectivity index (χ4n) is 6.04. The molecule has 2 atom stereocenters. The van der Waals surface area contributed by atoms with Gasteiger partial charge in [-0.25, -0.2) is 0 Å². The van der Waals surface area contributed by atoms with Crippen molar-refractivity contribution in [3.05, 3.63) is 41.5 Å². The van der Waals surface area contributed by atoms with E-state index < -0.39 is 0 Å². The zero-order valence-electron chi connectivity index (χ0n) is 23.7. The van der Waals surface area contributed by atoms with Crippen LogP contribution in [0.5, 0.6) is 5.75 Å². The third-order valence-electron chi connectivity index (χ3n) is 8.58. The fourth-order valence-corrected chi connectivity index (χ4v) is 6.04. The number of ether oxygens (including phenoxy) is 3. The Bertz CT molecular complexity index is 749. The molecule has 0 heterocycles. The molecule has 3 heteroatoms. The van der Waals surface area contributed by atoms with Gasteiger partial charge in [0.1, 0.15) is 5.75 Å². The van der Waals surface area contributed by atoms with Gasteiger partial charge in [-0.3, -0.25) is 0 Å². The van der Waals surface area contributed by atoms with Gasteiger partial charge in [-0.05, 0) is 112 Å². The van der Waals surface area contributed by atoms with E-state index in [-0.39, 0.29) is 0 Å². The van der Waals surface area contributed by atoms with Crippen LogP contribution in [0.1, 0.15) is 121 Å². The van der Waals surface area contributed by atoms with E-state index in [2.05, 4.69) is 45.5 Å². The molecule has 0 radical (unpaired) electrons. The van der Waals surface area contributed by atoms with E-state index in [0.29, 0.717) is 12.0 Å². The Morgan fingerprint density at radius 2 is 1.56 bits per heavy atom. The predicted octanol–water partition coefficient (Wildman–Crippen LogP) is 9.18. The number of unbranched alkanes of at least 4 members (excludes halogenated alkanes) is 4. The van der Waals surface area contributed by atoms with Crippen molar-refractivity contribution >= 4 is 0 Å². The summed E-state index contributed by atoms with van der Waals surface area (Å²) in [6, 6.07) is 6.88. The third kappa shape index (κ3) is 10.2. The summed E-state index contributed by atoms with van der Waals surface area (Å²) in [5.74, 6) is 3.39. The molecule has 0 bridgehead atoms. The molecule has 1 aromatic rings. The van der Waals surface area contributed by atoms with Crippen LogP contribution in [0.2, 0.25) is 0 Å². The number of allylic oxidation sites excluding steroid dienone is 1. The lowest BCUT2D eigenvalue weighted by atomic mass is 9.77. The maximum Gasteiger partial charge on any atom is 0.122 e. The molecule has 0 aromatic heterocycles.